The number of benzene rings is 2. The molecule has 6 nitrogen and oxygen atoms in total. The first kappa shape index (κ1) is 20.8. The zero-order valence-corrected chi connectivity index (χ0v) is 19.1. The first-order valence-corrected chi connectivity index (χ1v) is 11.5. The minimum Gasteiger partial charge on any atom is -0.461 e. The van der Waals surface area contributed by atoms with Gasteiger partial charge in [0.2, 0.25) is 5.91 Å². The largest absolute Gasteiger partial charge is 0.461 e. The molecular formula is C22H17BrCl2N2O4. The van der Waals surface area contributed by atoms with Crippen molar-refractivity contribution in [2.75, 3.05) is 10.6 Å². The summed E-state index contributed by atoms with van der Waals surface area (Å²) in [4.78, 5) is 37.7. The van der Waals surface area contributed by atoms with Crippen LogP contribution in [0.4, 0.5) is 11.4 Å². The molecule has 2 aliphatic carbocycles. The third kappa shape index (κ3) is 3.43. The maximum atomic E-state index is 13.0. The Hall–Kier alpha value is -2.09. The predicted octanol–water partition coefficient (Wildman–Crippen LogP) is 4.76. The molecule has 1 heterocycles. The number of hydrogen-bond donors (Lipinski definition) is 2. The van der Waals surface area contributed by atoms with Crippen LogP contribution in [0.1, 0.15) is 16.8 Å². The Kier molecular flexibility index (Phi) is 5.23. The van der Waals surface area contributed by atoms with E-state index in [4.69, 9.17) is 27.9 Å². The molecule has 0 spiro atoms. The fraction of sp³-hybridized carbons (Fsp3) is 0.318. The molecule has 2 bridgehead atoms. The van der Waals surface area contributed by atoms with Crippen LogP contribution in [0.15, 0.2) is 42.5 Å². The van der Waals surface area contributed by atoms with E-state index in [0.29, 0.717) is 22.0 Å². The van der Waals surface area contributed by atoms with Gasteiger partial charge in [-0.2, -0.15) is 0 Å². The zero-order chi connectivity index (χ0) is 21.9. The standard InChI is InChI=1S/C22H17BrCl2N2O4/c23-17-11-8-12-16(22(30)31-19(12)17)15(11)21(29)26-10-6-4-9(5-7-10)20(28)27-14-3-1-2-13(24)18(14)25/h1-7,11-12,15-17,19H,8H2,(H,26,29)(H,27,28)/t11-,12-,15-,16+,17-,19+/m1/s1. The lowest BCUT2D eigenvalue weighted by Gasteiger charge is -2.27. The van der Waals surface area contributed by atoms with E-state index >= 15 is 0 Å². The summed E-state index contributed by atoms with van der Waals surface area (Å²) < 4.78 is 5.46. The van der Waals surface area contributed by atoms with Gasteiger partial charge >= 0.3 is 5.97 Å². The van der Waals surface area contributed by atoms with Crippen molar-refractivity contribution >= 4 is 68.3 Å². The highest BCUT2D eigenvalue weighted by Gasteiger charge is 2.67. The van der Waals surface area contributed by atoms with Gasteiger partial charge in [0.05, 0.1) is 32.4 Å². The van der Waals surface area contributed by atoms with Crippen LogP contribution in [-0.2, 0) is 14.3 Å². The summed E-state index contributed by atoms with van der Waals surface area (Å²) in [5.74, 6) is -1.39. The topological polar surface area (TPSA) is 84.5 Å². The highest BCUT2D eigenvalue weighted by molar-refractivity contribution is 9.09. The van der Waals surface area contributed by atoms with Crippen LogP contribution in [0, 0.1) is 23.7 Å². The first-order chi connectivity index (χ1) is 14.8. The van der Waals surface area contributed by atoms with Gasteiger partial charge in [-0.1, -0.05) is 45.2 Å². The van der Waals surface area contributed by atoms with Gasteiger partial charge in [-0.25, -0.2) is 0 Å². The molecular weight excluding hydrogens is 507 g/mol. The van der Waals surface area contributed by atoms with E-state index in [1.54, 1.807) is 42.5 Å². The number of ether oxygens (including phenoxy) is 1. The molecule has 0 aromatic heterocycles. The second-order valence-corrected chi connectivity index (χ2v) is 9.93. The number of nitrogens with one attached hydrogen (secondary N) is 2. The van der Waals surface area contributed by atoms with Gasteiger partial charge in [-0.3, -0.25) is 14.4 Å². The lowest BCUT2D eigenvalue weighted by atomic mass is 9.79. The Balaban J connectivity index is 1.26. The number of esters is 1. The fourth-order valence-electron chi connectivity index (χ4n) is 5.06. The lowest BCUT2D eigenvalue weighted by Crippen LogP contribution is -2.40. The highest BCUT2D eigenvalue weighted by Crippen LogP contribution is 2.60. The normalized spacial score (nSPS) is 30.2. The van der Waals surface area contributed by atoms with Crippen molar-refractivity contribution in [2.24, 2.45) is 23.7 Å². The summed E-state index contributed by atoms with van der Waals surface area (Å²) in [5, 5.41) is 6.22. The molecule has 6 atom stereocenters. The summed E-state index contributed by atoms with van der Waals surface area (Å²) >= 11 is 15.7. The van der Waals surface area contributed by atoms with Crippen molar-refractivity contribution in [1.82, 2.24) is 0 Å². The first-order valence-electron chi connectivity index (χ1n) is 9.86. The van der Waals surface area contributed by atoms with E-state index < -0.39 is 5.92 Å². The molecule has 5 rings (SSSR count). The van der Waals surface area contributed by atoms with E-state index in [1.165, 1.54) is 0 Å². The average molecular weight is 524 g/mol. The number of hydrogen-bond acceptors (Lipinski definition) is 4. The van der Waals surface area contributed by atoms with Crippen molar-refractivity contribution in [3.63, 3.8) is 0 Å². The van der Waals surface area contributed by atoms with Crippen molar-refractivity contribution < 1.29 is 19.1 Å². The number of rotatable bonds is 4. The van der Waals surface area contributed by atoms with E-state index in [-0.39, 0.29) is 51.5 Å². The number of carbonyl (C=O) groups excluding carboxylic acids is 3. The Morgan fingerprint density at radius 1 is 1.03 bits per heavy atom. The summed E-state index contributed by atoms with van der Waals surface area (Å²) in [6.07, 6.45) is 0.706. The molecule has 160 valence electrons. The third-order valence-electron chi connectivity index (χ3n) is 6.44. The molecule has 0 unspecified atom stereocenters. The Morgan fingerprint density at radius 3 is 2.52 bits per heavy atom. The molecule has 3 aliphatic rings. The fourth-order valence-corrected chi connectivity index (χ4v) is 6.45. The molecule has 2 N–H and O–H groups in total. The molecule has 0 radical (unpaired) electrons. The molecule has 2 saturated carbocycles. The molecule has 3 fully saturated rings. The van der Waals surface area contributed by atoms with Crippen LogP contribution in [0.3, 0.4) is 0 Å². The van der Waals surface area contributed by atoms with Crippen molar-refractivity contribution in [3.05, 3.63) is 58.1 Å². The summed E-state index contributed by atoms with van der Waals surface area (Å²) in [6.45, 7) is 0. The Morgan fingerprint density at radius 2 is 1.77 bits per heavy atom. The molecule has 2 aromatic carbocycles. The molecule has 2 aromatic rings. The maximum absolute atomic E-state index is 13.0. The second kappa shape index (κ2) is 7.80. The minimum absolute atomic E-state index is 0.0142. The number of halogens is 3. The van der Waals surface area contributed by atoms with E-state index in [9.17, 15) is 14.4 Å². The third-order valence-corrected chi connectivity index (χ3v) is 8.46. The maximum Gasteiger partial charge on any atom is 0.310 e. The number of alkyl halides is 1. The number of fused-ring (bicyclic) bond motifs is 1. The molecule has 1 aliphatic heterocycles. The van der Waals surface area contributed by atoms with Crippen LogP contribution in [-0.4, -0.2) is 28.7 Å². The van der Waals surface area contributed by atoms with E-state index in [0.717, 1.165) is 6.42 Å². The van der Waals surface area contributed by atoms with Gasteiger partial charge in [0.25, 0.3) is 5.91 Å². The van der Waals surface area contributed by atoms with Gasteiger partial charge in [-0.15, -0.1) is 0 Å². The number of carbonyl (C=O) groups is 3. The quantitative estimate of drug-likeness (QED) is 0.447. The Labute approximate surface area is 196 Å². The van der Waals surface area contributed by atoms with Crippen LogP contribution >= 0.6 is 39.1 Å². The smallest absolute Gasteiger partial charge is 0.310 e. The van der Waals surface area contributed by atoms with Gasteiger partial charge in [0.15, 0.2) is 0 Å². The predicted molar refractivity (Wildman–Crippen MR) is 121 cm³/mol. The minimum atomic E-state index is -0.409. The molecule has 31 heavy (non-hydrogen) atoms. The molecule has 1 saturated heterocycles. The van der Waals surface area contributed by atoms with E-state index in [2.05, 4.69) is 26.6 Å². The second-order valence-electron chi connectivity index (χ2n) is 8.08. The van der Waals surface area contributed by atoms with Crippen LogP contribution in [0.5, 0.6) is 0 Å². The number of anilines is 2. The van der Waals surface area contributed by atoms with E-state index in [1.807, 2.05) is 0 Å². The summed E-state index contributed by atoms with van der Waals surface area (Å²) in [7, 11) is 0. The number of amides is 2. The van der Waals surface area contributed by atoms with Crippen molar-refractivity contribution in [1.29, 1.82) is 0 Å². The van der Waals surface area contributed by atoms with Gasteiger partial charge < -0.3 is 15.4 Å². The SMILES string of the molecule is O=C(Nc1cccc(Cl)c1Cl)c1ccc(NC(=O)[C@@H]2[C@H]3C[C@H]4[C@H](OC(=O)[C@@H]42)[C@@H]3Br)cc1. The zero-order valence-electron chi connectivity index (χ0n) is 16.0. The van der Waals surface area contributed by atoms with Gasteiger partial charge in [0, 0.05) is 17.2 Å². The highest BCUT2D eigenvalue weighted by atomic mass is 79.9. The van der Waals surface area contributed by atoms with Crippen LogP contribution in [0.2, 0.25) is 10.0 Å². The van der Waals surface area contributed by atoms with Crippen LogP contribution < -0.4 is 10.6 Å². The summed E-state index contributed by atoms with van der Waals surface area (Å²) in [6, 6.07) is 11.5. The lowest BCUT2D eigenvalue weighted by molar-refractivity contribution is -0.145. The summed E-state index contributed by atoms with van der Waals surface area (Å²) in [5.41, 5.74) is 1.37. The molecule has 9 heteroatoms. The van der Waals surface area contributed by atoms with Crippen LogP contribution in [0.25, 0.3) is 0 Å². The monoisotopic (exact) mass is 522 g/mol. The van der Waals surface area contributed by atoms with Crippen molar-refractivity contribution in [3.8, 4) is 0 Å². The van der Waals surface area contributed by atoms with Gasteiger partial charge in [0.1, 0.15) is 6.10 Å². The van der Waals surface area contributed by atoms with Crippen molar-refractivity contribution in [2.45, 2.75) is 17.4 Å². The average Bonchev–Trinajstić information content (AvgIpc) is 3.36. The molecule has 2 amide bonds. The van der Waals surface area contributed by atoms with Gasteiger partial charge in [-0.05, 0) is 48.7 Å². The Bertz CT molecular complexity index is 1090.